The van der Waals surface area contributed by atoms with Crippen LogP contribution in [-0.2, 0) is 0 Å². The zero-order valence-electron chi connectivity index (χ0n) is 15.2. The summed E-state index contributed by atoms with van der Waals surface area (Å²) in [5.41, 5.74) is 6.96. The number of hydrogen-bond donors (Lipinski definition) is 4. The fourth-order valence-electron chi connectivity index (χ4n) is 3.11. The first kappa shape index (κ1) is 17.2. The standard InChI is InChI=1S/C18H23N9/c1-12-21-15(23-14-7-9-20-10-8-14)11-16(22-12)27-17(19)25-18(26-27)24-13-5-3-2-4-6-13/h2-6,11,14,20H,7-10H2,1H3,(H,21,22,23)(H3,19,24,25,26). The zero-order chi connectivity index (χ0) is 18.6. The number of benzene rings is 1. The Morgan fingerprint density at radius 3 is 2.67 bits per heavy atom. The number of nitrogens with zero attached hydrogens (tertiary/aromatic N) is 5. The lowest BCUT2D eigenvalue weighted by Gasteiger charge is -2.24. The maximum atomic E-state index is 6.07. The van der Waals surface area contributed by atoms with Gasteiger partial charge in [-0.15, -0.1) is 5.10 Å². The van der Waals surface area contributed by atoms with Crippen LogP contribution in [0.25, 0.3) is 5.82 Å². The minimum Gasteiger partial charge on any atom is -0.368 e. The van der Waals surface area contributed by atoms with Crippen LogP contribution in [0.2, 0.25) is 0 Å². The molecule has 0 unspecified atom stereocenters. The summed E-state index contributed by atoms with van der Waals surface area (Å²) >= 11 is 0. The van der Waals surface area contributed by atoms with Gasteiger partial charge in [-0.3, -0.25) is 0 Å². The number of anilines is 4. The van der Waals surface area contributed by atoms with Gasteiger partial charge in [0.15, 0.2) is 5.82 Å². The van der Waals surface area contributed by atoms with Gasteiger partial charge in [0.25, 0.3) is 0 Å². The third-order valence-corrected chi connectivity index (χ3v) is 4.39. The molecule has 0 aliphatic carbocycles. The summed E-state index contributed by atoms with van der Waals surface area (Å²) in [6, 6.07) is 12.0. The monoisotopic (exact) mass is 365 g/mol. The van der Waals surface area contributed by atoms with Crippen molar-refractivity contribution in [3.63, 3.8) is 0 Å². The van der Waals surface area contributed by atoms with Crippen LogP contribution in [0.3, 0.4) is 0 Å². The molecule has 0 saturated carbocycles. The van der Waals surface area contributed by atoms with Gasteiger partial charge in [-0.2, -0.15) is 9.67 Å². The first-order chi connectivity index (χ1) is 13.2. The van der Waals surface area contributed by atoms with E-state index in [9.17, 15) is 0 Å². The summed E-state index contributed by atoms with van der Waals surface area (Å²) in [5.74, 6) is 2.69. The largest absolute Gasteiger partial charge is 0.368 e. The fourth-order valence-corrected chi connectivity index (χ4v) is 3.11. The summed E-state index contributed by atoms with van der Waals surface area (Å²) in [4.78, 5) is 13.3. The minimum absolute atomic E-state index is 0.263. The van der Waals surface area contributed by atoms with Crippen molar-refractivity contribution in [3.8, 4) is 5.82 Å². The topological polar surface area (TPSA) is 119 Å². The highest BCUT2D eigenvalue weighted by molar-refractivity contribution is 5.54. The molecule has 0 radical (unpaired) electrons. The number of hydrogen-bond acceptors (Lipinski definition) is 8. The summed E-state index contributed by atoms with van der Waals surface area (Å²) in [5, 5.41) is 14.4. The molecular formula is C18H23N9. The van der Waals surface area contributed by atoms with Crippen molar-refractivity contribution in [2.45, 2.75) is 25.8 Å². The maximum Gasteiger partial charge on any atom is 0.248 e. The maximum absolute atomic E-state index is 6.07. The molecule has 9 nitrogen and oxygen atoms in total. The van der Waals surface area contributed by atoms with Crippen LogP contribution in [0.15, 0.2) is 36.4 Å². The van der Waals surface area contributed by atoms with Crippen molar-refractivity contribution in [1.29, 1.82) is 0 Å². The molecule has 1 aliphatic heterocycles. The molecule has 27 heavy (non-hydrogen) atoms. The predicted octanol–water partition coefficient (Wildman–Crippen LogP) is 1.86. The summed E-state index contributed by atoms with van der Waals surface area (Å²) in [6.45, 7) is 3.88. The lowest BCUT2D eigenvalue weighted by atomic mass is 10.1. The molecular weight excluding hydrogens is 342 g/mol. The first-order valence-corrected chi connectivity index (χ1v) is 9.05. The number of para-hydroxylation sites is 1. The molecule has 3 aromatic rings. The van der Waals surface area contributed by atoms with Crippen LogP contribution in [0.4, 0.5) is 23.4 Å². The van der Waals surface area contributed by atoms with Gasteiger partial charge in [0.1, 0.15) is 11.6 Å². The highest BCUT2D eigenvalue weighted by Gasteiger charge is 2.16. The predicted molar refractivity (Wildman–Crippen MR) is 105 cm³/mol. The normalized spacial score (nSPS) is 14.9. The molecule has 2 aromatic heterocycles. The SMILES string of the molecule is Cc1nc(NC2CCNCC2)cc(-n2nc(Nc3ccccc3)nc2N)n1. The van der Waals surface area contributed by atoms with Gasteiger partial charge in [0, 0.05) is 17.8 Å². The van der Waals surface area contributed by atoms with E-state index in [2.05, 4.69) is 36.0 Å². The molecule has 0 bridgehead atoms. The number of rotatable bonds is 5. The van der Waals surface area contributed by atoms with Crippen molar-refractivity contribution < 1.29 is 0 Å². The molecule has 0 spiro atoms. The first-order valence-electron chi connectivity index (χ1n) is 9.05. The van der Waals surface area contributed by atoms with E-state index in [1.807, 2.05) is 43.3 Å². The Hall–Kier alpha value is -3.20. The van der Waals surface area contributed by atoms with E-state index in [0.717, 1.165) is 37.4 Å². The lowest BCUT2D eigenvalue weighted by Crippen LogP contribution is -2.35. The Balaban J connectivity index is 1.57. The highest BCUT2D eigenvalue weighted by Crippen LogP contribution is 2.19. The van der Waals surface area contributed by atoms with Crippen LogP contribution in [-0.4, -0.2) is 43.9 Å². The fraction of sp³-hybridized carbons (Fsp3) is 0.333. The Kier molecular flexibility index (Phi) is 4.84. The van der Waals surface area contributed by atoms with E-state index in [0.29, 0.717) is 23.6 Å². The highest BCUT2D eigenvalue weighted by atomic mass is 15.4. The van der Waals surface area contributed by atoms with E-state index in [1.165, 1.54) is 4.68 Å². The van der Waals surface area contributed by atoms with Crippen LogP contribution >= 0.6 is 0 Å². The molecule has 4 rings (SSSR count). The molecule has 3 heterocycles. The second-order valence-electron chi connectivity index (χ2n) is 6.52. The second-order valence-corrected chi connectivity index (χ2v) is 6.52. The van der Waals surface area contributed by atoms with Crippen LogP contribution in [0.1, 0.15) is 18.7 Å². The number of nitrogens with one attached hydrogen (secondary N) is 3. The Bertz CT molecular complexity index is 900. The third-order valence-electron chi connectivity index (χ3n) is 4.39. The number of nitrogens with two attached hydrogens (primary N) is 1. The smallest absolute Gasteiger partial charge is 0.248 e. The van der Waals surface area contributed by atoms with Gasteiger partial charge in [0.05, 0.1) is 0 Å². The van der Waals surface area contributed by atoms with Crippen molar-refractivity contribution >= 4 is 23.4 Å². The van der Waals surface area contributed by atoms with Crippen molar-refractivity contribution in [3.05, 3.63) is 42.2 Å². The zero-order valence-corrected chi connectivity index (χ0v) is 15.2. The van der Waals surface area contributed by atoms with Crippen molar-refractivity contribution in [2.24, 2.45) is 0 Å². The van der Waals surface area contributed by atoms with Gasteiger partial charge in [-0.1, -0.05) is 18.2 Å². The van der Waals surface area contributed by atoms with Gasteiger partial charge in [-0.05, 0) is 45.0 Å². The lowest BCUT2D eigenvalue weighted by molar-refractivity contribution is 0.478. The summed E-state index contributed by atoms with van der Waals surface area (Å²) in [7, 11) is 0. The Morgan fingerprint density at radius 1 is 1.11 bits per heavy atom. The van der Waals surface area contributed by atoms with Crippen LogP contribution in [0.5, 0.6) is 0 Å². The molecule has 1 aliphatic rings. The number of aryl methyl sites for hydroxylation is 1. The molecule has 1 fully saturated rings. The molecule has 9 heteroatoms. The average molecular weight is 365 g/mol. The van der Waals surface area contributed by atoms with Gasteiger partial charge in [-0.25, -0.2) is 9.97 Å². The number of piperidine rings is 1. The molecule has 5 N–H and O–H groups in total. The summed E-state index contributed by atoms with van der Waals surface area (Å²) in [6.07, 6.45) is 2.13. The Morgan fingerprint density at radius 2 is 1.89 bits per heavy atom. The van der Waals surface area contributed by atoms with Gasteiger partial charge < -0.3 is 21.7 Å². The number of aromatic nitrogens is 5. The van der Waals surface area contributed by atoms with Gasteiger partial charge in [0.2, 0.25) is 11.9 Å². The van der Waals surface area contributed by atoms with E-state index in [4.69, 9.17) is 5.73 Å². The molecule has 0 amide bonds. The molecule has 1 aromatic carbocycles. The minimum atomic E-state index is 0.263. The van der Waals surface area contributed by atoms with Gasteiger partial charge >= 0.3 is 0 Å². The third kappa shape index (κ3) is 4.14. The quantitative estimate of drug-likeness (QED) is 0.541. The molecule has 1 saturated heterocycles. The van der Waals surface area contributed by atoms with E-state index >= 15 is 0 Å². The molecule has 140 valence electrons. The Labute approximate surface area is 157 Å². The van der Waals surface area contributed by atoms with Crippen LogP contribution in [0, 0.1) is 6.92 Å². The average Bonchev–Trinajstić information content (AvgIpc) is 3.03. The number of nitrogen functional groups attached to an aromatic ring is 1. The molecule has 0 atom stereocenters. The van der Waals surface area contributed by atoms with Crippen molar-refractivity contribution in [2.75, 3.05) is 29.5 Å². The van der Waals surface area contributed by atoms with E-state index < -0.39 is 0 Å². The van der Waals surface area contributed by atoms with E-state index in [-0.39, 0.29) is 5.95 Å². The van der Waals surface area contributed by atoms with E-state index in [1.54, 1.807) is 0 Å². The van der Waals surface area contributed by atoms with Crippen LogP contribution < -0.4 is 21.7 Å². The summed E-state index contributed by atoms with van der Waals surface area (Å²) < 4.78 is 1.52. The second kappa shape index (κ2) is 7.58. The van der Waals surface area contributed by atoms with Crippen molar-refractivity contribution in [1.82, 2.24) is 30.0 Å².